The molecule has 0 saturated carbocycles. The molecule has 0 bridgehead atoms. The lowest BCUT2D eigenvalue weighted by Crippen LogP contribution is -2.55. The Balaban J connectivity index is 2.25. The monoisotopic (exact) mass is 470 g/mol. The smallest absolute Gasteiger partial charge is 0.325 e. The molecule has 0 aliphatic rings. The molecule has 1 amide bonds. The van der Waals surface area contributed by atoms with Crippen LogP contribution in [0.5, 0.6) is 0 Å². The number of carbonyl (C=O) groups excluding carboxylic acids is 1. The van der Waals surface area contributed by atoms with Crippen LogP contribution in [0.25, 0.3) is 0 Å². The third-order valence-corrected chi connectivity index (χ3v) is 5.56. The van der Waals surface area contributed by atoms with E-state index in [0.717, 1.165) is 24.3 Å². The number of nitrogens with zero attached hydrogens (tertiary/aromatic N) is 2. The van der Waals surface area contributed by atoms with Crippen LogP contribution in [0, 0.1) is 19.3 Å². The van der Waals surface area contributed by atoms with Crippen molar-refractivity contribution in [2.45, 2.75) is 38.0 Å². The number of aromatic nitrogens is 2. The van der Waals surface area contributed by atoms with E-state index in [2.05, 4.69) is 14.7 Å². The van der Waals surface area contributed by atoms with Gasteiger partial charge in [-0.2, -0.15) is 26.3 Å². The number of rotatable bonds is 5. The molecule has 14 heteroatoms. The fourth-order valence-corrected chi connectivity index (χ4v) is 3.29. The molecule has 0 fully saturated rings. The minimum atomic E-state index is -5.91. The minimum absolute atomic E-state index is 0.221. The Labute approximate surface area is 172 Å². The first-order valence-electron chi connectivity index (χ1n) is 8.37. The number of alkyl halides is 6. The predicted octanol–water partition coefficient (Wildman–Crippen LogP) is 3.96. The van der Waals surface area contributed by atoms with E-state index in [4.69, 9.17) is 0 Å². The number of carbonyl (C=O) groups is 1. The molecule has 1 aromatic carbocycles. The molecular weight excluding hydrogens is 454 g/mol. The van der Waals surface area contributed by atoms with Crippen molar-refractivity contribution in [2.24, 2.45) is 5.41 Å². The second-order valence-electron chi connectivity index (χ2n) is 6.68. The van der Waals surface area contributed by atoms with E-state index in [9.17, 15) is 39.6 Å². The highest BCUT2D eigenvalue weighted by Crippen LogP contribution is 2.50. The highest BCUT2D eigenvalue weighted by molar-refractivity contribution is 7.92. The van der Waals surface area contributed by atoms with Crippen LogP contribution >= 0.6 is 0 Å². The van der Waals surface area contributed by atoms with Crippen LogP contribution in [0.2, 0.25) is 0 Å². The first kappa shape index (κ1) is 24.4. The van der Waals surface area contributed by atoms with Crippen molar-refractivity contribution in [2.75, 3.05) is 10.0 Å². The van der Waals surface area contributed by atoms with Gasteiger partial charge >= 0.3 is 12.4 Å². The van der Waals surface area contributed by atoms with Gasteiger partial charge in [0.05, 0.1) is 4.90 Å². The molecular formula is C17H16F6N4O3S. The van der Waals surface area contributed by atoms with Gasteiger partial charge in [0.25, 0.3) is 10.0 Å². The van der Waals surface area contributed by atoms with Gasteiger partial charge in [0, 0.05) is 17.1 Å². The summed E-state index contributed by atoms with van der Waals surface area (Å²) in [6.07, 6.45) is -11.8. The largest absolute Gasteiger partial charge is 0.411 e. The molecule has 1 aromatic heterocycles. The number of hydrogen-bond donors (Lipinski definition) is 2. The Kier molecular flexibility index (Phi) is 6.27. The molecule has 0 aliphatic heterocycles. The topological polar surface area (TPSA) is 101 Å². The number of halogens is 6. The van der Waals surface area contributed by atoms with Crippen LogP contribution in [0.1, 0.15) is 18.3 Å². The summed E-state index contributed by atoms with van der Waals surface area (Å²) >= 11 is 0. The van der Waals surface area contributed by atoms with E-state index in [1.54, 1.807) is 19.9 Å². The maximum Gasteiger partial charge on any atom is 0.411 e. The summed E-state index contributed by atoms with van der Waals surface area (Å²) in [6.45, 7) is 2.94. The lowest BCUT2D eigenvalue weighted by Gasteiger charge is -2.32. The summed E-state index contributed by atoms with van der Waals surface area (Å²) < 4.78 is 105. The Hall–Kier alpha value is -2.90. The number of nitrogens with one attached hydrogen (secondary N) is 2. The van der Waals surface area contributed by atoms with Gasteiger partial charge in [-0.3, -0.25) is 4.79 Å². The van der Waals surface area contributed by atoms with Crippen molar-refractivity contribution >= 4 is 27.6 Å². The van der Waals surface area contributed by atoms with Crippen molar-refractivity contribution < 1.29 is 39.6 Å². The number of aryl methyl sites for hydroxylation is 2. The number of sulfonamides is 1. The Morgan fingerprint density at radius 2 is 1.35 bits per heavy atom. The normalized spacial score (nSPS) is 13.1. The molecule has 2 N–H and O–H groups in total. The molecule has 0 atom stereocenters. The zero-order valence-electron chi connectivity index (χ0n) is 16.2. The predicted molar refractivity (Wildman–Crippen MR) is 97.6 cm³/mol. The fourth-order valence-electron chi connectivity index (χ4n) is 2.34. The summed E-state index contributed by atoms with van der Waals surface area (Å²) in [6, 6.07) is 5.08. The minimum Gasteiger partial charge on any atom is -0.325 e. The molecule has 31 heavy (non-hydrogen) atoms. The zero-order chi connectivity index (χ0) is 23.8. The molecule has 1 heterocycles. The summed E-state index contributed by atoms with van der Waals surface area (Å²) in [5.74, 6) is -2.58. The average Bonchev–Trinajstić information content (AvgIpc) is 2.58. The quantitative estimate of drug-likeness (QED) is 0.645. The van der Waals surface area contributed by atoms with Crippen molar-refractivity contribution in [1.82, 2.24) is 9.97 Å². The first-order valence-corrected chi connectivity index (χ1v) is 9.86. The van der Waals surface area contributed by atoms with Crippen LogP contribution in [0.4, 0.5) is 38.0 Å². The molecule has 0 spiro atoms. The van der Waals surface area contributed by atoms with Gasteiger partial charge < -0.3 is 5.32 Å². The number of hydrogen-bond acceptors (Lipinski definition) is 5. The Morgan fingerprint density at radius 3 is 1.77 bits per heavy atom. The molecule has 0 radical (unpaired) electrons. The Morgan fingerprint density at radius 1 is 0.903 bits per heavy atom. The fraction of sp³-hybridized carbons (Fsp3) is 0.353. The third kappa shape index (κ3) is 5.06. The maximum atomic E-state index is 13.0. The molecule has 2 rings (SSSR count). The van der Waals surface area contributed by atoms with E-state index in [0.29, 0.717) is 11.4 Å². The summed E-state index contributed by atoms with van der Waals surface area (Å²) in [5, 5.41) is 1.52. The van der Waals surface area contributed by atoms with Gasteiger partial charge in [-0.05, 0) is 51.1 Å². The van der Waals surface area contributed by atoms with E-state index >= 15 is 0 Å². The highest BCUT2D eigenvalue weighted by atomic mass is 32.2. The second kappa shape index (κ2) is 7.98. The van der Waals surface area contributed by atoms with Gasteiger partial charge in [-0.25, -0.2) is 23.1 Å². The summed E-state index contributed by atoms with van der Waals surface area (Å²) in [4.78, 5) is 19.2. The maximum absolute atomic E-state index is 13.0. The van der Waals surface area contributed by atoms with Gasteiger partial charge in [0.15, 0.2) is 0 Å². The number of anilines is 2. The van der Waals surface area contributed by atoms with E-state index in [1.165, 1.54) is 5.32 Å². The van der Waals surface area contributed by atoms with Crippen LogP contribution in [-0.2, 0) is 14.8 Å². The summed E-state index contributed by atoms with van der Waals surface area (Å²) in [7, 11) is -4.21. The molecule has 170 valence electrons. The van der Waals surface area contributed by atoms with Crippen LogP contribution in [0.3, 0.4) is 0 Å². The highest BCUT2D eigenvalue weighted by Gasteiger charge is 2.72. The molecule has 0 aliphatic carbocycles. The van der Waals surface area contributed by atoms with E-state index in [1.807, 2.05) is 0 Å². The molecule has 0 unspecified atom stereocenters. The first-order chi connectivity index (χ1) is 14.0. The number of amides is 1. The lowest BCUT2D eigenvalue weighted by molar-refractivity contribution is -0.317. The Bertz CT molecular complexity index is 1050. The van der Waals surface area contributed by atoms with E-state index < -0.39 is 39.4 Å². The van der Waals surface area contributed by atoms with Crippen LogP contribution in [0.15, 0.2) is 35.2 Å². The second-order valence-corrected chi connectivity index (χ2v) is 8.36. The SMILES string of the molecule is Cc1cc(C)nc(NS(=O)(=O)c2ccc(NC(=O)C(C)(C(F)(F)F)C(F)(F)F)cc2)n1. The molecule has 0 saturated heterocycles. The van der Waals surface area contributed by atoms with Gasteiger partial charge in [0.1, 0.15) is 0 Å². The van der Waals surface area contributed by atoms with Crippen molar-refractivity contribution in [3.05, 3.63) is 41.7 Å². The van der Waals surface area contributed by atoms with Gasteiger partial charge in [0.2, 0.25) is 17.3 Å². The van der Waals surface area contributed by atoms with Crippen molar-refractivity contribution in [3.8, 4) is 0 Å². The zero-order valence-corrected chi connectivity index (χ0v) is 17.0. The molecule has 7 nitrogen and oxygen atoms in total. The third-order valence-electron chi connectivity index (χ3n) is 4.22. The molecule has 2 aromatic rings. The summed E-state index contributed by atoms with van der Waals surface area (Å²) in [5.41, 5.74) is -4.15. The van der Waals surface area contributed by atoms with E-state index in [-0.39, 0.29) is 17.8 Å². The van der Waals surface area contributed by atoms with Gasteiger partial charge in [-0.1, -0.05) is 0 Å². The van der Waals surface area contributed by atoms with Crippen LogP contribution in [-0.4, -0.2) is 36.6 Å². The lowest BCUT2D eigenvalue weighted by atomic mass is 9.87. The standard InChI is InChI=1S/C17H16F6N4O3S/c1-9-8-10(2)25-14(24-9)27-31(29,30)12-6-4-11(5-7-12)26-13(28)15(3,16(18,19)20)17(21,22)23/h4-8H,1-3H3,(H,26,28)(H,24,25,27). The van der Waals surface area contributed by atoms with Crippen LogP contribution < -0.4 is 10.0 Å². The average molecular weight is 470 g/mol. The number of benzene rings is 1. The van der Waals surface area contributed by atoms with Gasteiger partial charge in [-0.15, -0.1) is 0 Å². The van der Waals surface area contributed by atoms with Crippen molar-refractivity contribution in [1.29, 1.82) is 0 Å². The van der Waals surface area contributed by atoms with Crippen molar-refractivity contribution in [3.63, 3.8) is 0 Å².